The molecule has 0 aliphatic rings. The van der Waals surface area contributed by atoms with Crippen molar-refractivity contribution in [1.82, 2.24) is 0 Å². The maximum Gasteiger partial charge on any atom is 0.282 e. The molecule has 3 N–H and O–H groups in total. The van der Waals surface area contributed by atoms with E-state index in [4.69, 9.17) is 16.3 Å². The smallest absolute Gasteiger partial charge is 0.282 e. The van der Waals surface area contributed by atoms with E-state index in [0.29, 0.717) is 22.0 Å². The molecule has 0 spiro atoms. The second-order valence-corrected chi connectivity index (χ2v) is 6.55. The van der Waals surface area contributed by atoms with Crippen LogP contribution >= 0.6 is 11.6 Å². The normalized spacial score (nSPS) is 12.8. The van der Waals surface area contributed by atoms with Gasteiger partial charge in [-0.2, -0.15) is 0 Å². The lowest BCUT2D eigenvalue weighted by Gasteiger charge is -2.21. The van der Waals surface area contributed by atoms with Crippen molar-refractivity contribution < 1.29 is 23.6 Å². The van der Waals surface area contributed by atoms with Gasteiger partial charge in [-0.25, -0.2) is 4.39 Å². The molecule has 0 radical (unpaired) electrons. The van der Waals surface area contributed by atoms with E-state index in [1.165, 1.54) is 12.1 Å². The third kappa shape index (κ3) is 5.94. The van der Waals surface area contributed by atoms with Crippen LogP contribution in [0.25, 0.3) is 0 Å². The molecular formula is C19H22ClFN3O3+. The highest BCUT2D eigenvalue weighted by molar-refractivity contribution is 6.33. The van der Waals surface area contributed by atoms with Crippen LogP contribution in [0.3, 0.4) is 0 Å². The predicted octanol–water partition coefficient (Wildman–Crippen LogP) is 1.97. The molecule has 27 heavy (non-hydrogen) atoms. The Balaban J connectivity index is 1.92. The van der Waals surface area contributed by atoms with E-state index < -0.39 is 11.9 Å². The number of hydrogen-bond donors (Lipinski definition) is 3. The molecule has 2 rings (SSSR count). The second-order valence-electron chi connectivity index (χ2n) is 6.14. The minimum Gasteiger partial charge on any atom is -0.497 e. The van der Waals surface area contributed by atoms with Gasteiger partial charge in [-0.3, -0.25) is 9.59 Å². The number of anilines is 2. The summed E-state index contributed by atoms with van der Waals surface area (Å²) in [6.45, 7) is 1.78. The first-order valence-corrected chi connectivity index (χ1v) is 8.70. The fourth-order valence-corrected chi connectivity index (χ4v) is 2.58. The Labute approximate surface area is 162 Å². The molecule has 2 aromatic rings. The molecule has 144 valence electrons. The van der Waals surface area contributed by atoms with Crippen molar-refractivity contribution >= 4 is 34.8 Å². The third-order valence-electron chi connectivity index (χ3n) is 4.11. The number of methoxy groups -OCH3 is 1. The summed E-state index contributed by atoms with van der Waals surface area (Å²) >= 11 is 5.92. The molecule has 0 aliphatic carbocycles. The minimum atomic E-state index is -0.526. The molecule has 0 bridgehead atoms. The number of quaternary nitrogens is 1. The Kier molecular flexibility index (Phi) is 7.15. The monoisotopic (exact) mass is 394 g/mol. The van der Waals surface area contributed by atoms with Gasteiger partial charge in [0.15, 0.2) is 12.6 Å². The molecule has 2 atom stereocenters. The molecule has 2 aromatic carbocycles. The lowest BCUT2D eigenvalue weighted by Crippen LogP contribution is -3.14. The van der Waals surface area contributed by atoms with Gasteiger partial charge >= 0.3 is 0 Å². The maximum absolute atomic E-state index is 13.1. The number of benzene rings is 2. The Hall–Kier alpha value is -2.64. The number of carbonyl (C=O) groups is 2. The number of ether oxygens (including phenoxy) is 1. The van der Waals surface area contributed by atoms with Gasteiger partial charge in [0.2, 0.25) is 0 Å². The van der Waals surface area contributed by atoms with E-state index in [1.54, 1.807) is 45.3 Å². The summed E-state index contributed by atoms with van der Waals surface area (Å²) in [5, 5.41) is 5.54. The van der Waals surface area contributed by atoms with Crippen LogP contribution in [0.15, 0.2) is 42.5 Å². The summed E-state index contributed by atoms with van der Waals surface area (Å²) < 4.78 is 18.2. The van der Waals surface area contributed by atoms with Crippen LogP contribution in [0.1, 0.15) is 6.92 Å². The van der Waals surface area contributed by atoms with Crippen LogP contribution < -0.4 is 20.3 Å². The molecule has 0 fully saturated rings. The molecule has 6 nitrogen and oxygen atoms in total. The van der Waals surface area contributed by atoms with Crippen molar-refractivity contribution in [2.45, 2.75) is 13.0 Å². The fraction of sp³-hybridized carbons (Fsp3) is 0.263. The average molecular weight is 395 g/mol. The van der Waals surface area contributed by atoms with Crippen LogP contribution in [-0.2, 0) is 9.59 Å². The van der Waals surface area contributed by atoms with Crippen molar-refractivity contribution in [2.24, 2.45) is 0 Å². The van der Waals surface area contributed by atoms with Crippen LogP contribution in [0.5, 0.6) is 5.75 Å². The molecule has 1 unspecified atom stereocenters. The first-order chi connectivity index (χ1) is 12.8. The van der Waals surface area contributed by atoms with E-state index in [2.05, 4.69) is 10.6 Å². The standard InChI is InChI=1S/C19H21ClFN3O3/c1-12(19(26)23-17-8-7-13(21)9-16(17)20)24(2)11-18(25)22-14-5-4-6-15(10-14)27-3/h4-10,12H,11H2,1-3H3,(H,22,25)(H,23,26)/p+1/t12-/m0/s1. The summed E-state index contributed by atoms with van der Waals surface area (Å²) in [4.78, 5) is 25.3. The van der Waals surface area contributed by atoms with Gasteiger partial charge in [0.1, 0.15) is 11.6 Å². The number of hydrogen-bond acceptors (Lipinski definition) is 3. The molecule has 0 aromatic heterocycles. The minimum absolute atomic E-state index is 0.0863. The summed E-state index contributed by atoms with van der Waals surface area (Å²) in [5.41, 5.74) is 0.936. The van der Waals surface area contributed by atoms with E-state index in [-0.39, 0.29) is 23.4 Å². The lowest BCUT2D eigenvalue weighted by atomic mass is 10.2. The quantitative estimate of drug-likeness (QED) is 0.672. The van der Waals surface area contributed by atoms with Crippen molar-refractivity contribution in [1.29, 1.82) is 0 Å². The van der Waals surface area contributed by atoms with Crippen molar-refractivity contribution in [2.75, 3.05) is 31.3 Å². The number of halogens is 2. The van der Waals surface area contributed by atoms with Gasteiger partial charge in [-0.05, 0) is 37.3 Å². The Bertz CT molecular complexity index is 832. The Morgan fingerprint density at radius 3 is 2.63 bits per heavy atom. The van der Waals surface area contributed by atoms with Gasteiger partial charge in [-0.1, -0.05) is 17.7 Å². The fourth-order valence-electron chi connectivity index (χ4n) is 2.37. The van der Waals surface area contributed by atoms with Crippen LogP contribution in [-0.4, -0.2) is 38.6 Å². The van der Waals surface area contributed by atoms with E-state index in [9.17, 15) is 14.0 Å². The maximum atomic E-state index is 13.1. The SMILES string of the molecule is COc1cccc(NC(=O)C[NH+](C)[C@@H](C)C(=O)Nc2ccc(F)cc2Cl)c1. The van der Waals surface area contributed by atoms with Crippen LogP contribution in [0.4, 0.5) is 15.8 Å². The number of amides is 2. The lowest BCUT2D eigenvalue weighted by molar-refractivity contribution is -0.885. The van der Waals surface area contributed by atoms with Crippen molar-refractivity contribution in [3.8, 4) is 5.75 Å². The van der Waals surface area contributed by atoms with Crippen molar-refractivity contribution in [3.63, 3.8) is 0 Å². The first kappa shape index (κ1) is 20.7. The Morgan fingerprint density at radius 1 is 1.22 bits per heavy atom. The average Bonchev–Trinajstić information content (AvgIpc) is 2.63. The largest absolute Gasteiger partial charge is 0.497 e. The van der Waals surface area contributed by atoms with E-state index in [1.807, 2.05) is 0 Å². The van der Waals surface area contributed by atoms with Crippen molar-refractivity contribution in [3.05, 3.63) is 53.3 Å². The molecule has 8 heteroatoms. The number of nitrogens with one attached hydrogen (secondary N) is 3. The Morgan fingerprint density at radius 2 is 1.96 bits per heavy atom. The van der Waals surface area contributed by atoms with Gasteiger partial charge in [0.05, 0.1) is 24.9 Å². The molecule has 0 saturated carbocycles. The predicted molar refractivity (Wildman–Crippen MR) is 103 cm³/mol. The van der Waals surface area contributed by atoms with Gasteiger partial charge in [0.25, 0.3) is 11.8 Å². The number of likely N-dealkylation sites (N-methyl/N-ethyl adjacent to an activating group) is 1. The first-order valence-electron chi connectivity index (χ1n) is 8.32. The molecule has 2 amide bonds. The third-order valence-corrected chi connectivity index (χ3v) is 4.43. The summed E-state index contributed by atoms with van der Waals surface area (Å²) in [6.07, 6.45) is 0. The zero-order chi connectivity index (χ0) is 20.0. The highest BCUT2D eigenvalue weighted by Crippen LogP contribution is 2.22. The van der Waals surface area contributed by atoms with E-state index in [0.717, 1.165) is 6.07 Å². The summed E-state index contributed by atoms with van der Waals surface area (Å²) in [7, 11) is 3.29. The summed E-state index contributed by atoms with van der Waals surface area (Å²) in [5.74, 6) is -0.407. The highest BCUT2D eigenvalue weighted by atomic mass is 35.5. The van der Waals surface area contributed by atoms with Crippen LogP contribution in [0.2, 0.25) is 5.02 Å². The molecule has 0 aliphatic heterocycles. The van der Waals surface area contributed by atoms with E-state index >= 15 is 0 Å². The van der Waals surface area contributed by atoms with Gasteiger partial charge < -0.3 is 20.3 Å². The molecule has 0 saturated heterocycles. The van der Waals surface area contributed by atoms with Gasteiger partial charge in [0, 0.05) is 11.8 Å². The van der Waals surface area contributed by atoms with Crippen LogP contribution in [0, 0.1) is 5.82 Å². The number of rotatable bonds is 7. The zero-order valence-corrected chi connectivity index (χ0v) is 16.1. The number of carbonyl (C=O) groups excluding carboxylic acids is 2. The van der Waals surface area contributed by atoms with Gasteiger partial charge in [-0.15, -0.1) is 0 Å². The topological polar surface area (TPSA) is 71.9 Å². The summed E-state index contributed by atoms with van der Waals surface area (Å²) in [6, 6.07) is 10.2. The highest BCUT2D eigenvalue weighted by Gasteiger charge is 2.24. The second kappa shape index (κ2) is 9.34. The zero-order valence-electron chi connectivity index (χ0n) is 15.3. The molecular weight excluding hydrogens is 373 g/mol. The molecule has 0 heterocycles.